The van der Waals surface area contributed by atoms with Crippen molar-refractivity contribution in [1.82, 2.24) is 0 Å². The van der Waals surface area contributed by atoms with Crippen LogP contribution in [0.25, 0.3) is 0 Å². The molecule has 1 fully saturated rings. The molecular formula is C12H15BrF2N2. The zero-order valence-corrected chi connectivity index (χ0v) is 10.9. The SMILES string of the molecule is NCC1CCCC1Nc1c(F)cc(F)cc1Br. The Hall–Kier alpha value is -0.680. The van der Waals surface area contributed by atoms with Crippen LogP contribution in [0.4, 0.5) is 14.5 Å². The molecule has 1 aliphatic rings. The summed E-state index contributed by atoms with van der Waals surface area (Å²) in [7, 11) is 0. The van der Waals surface area contributed by atoms with Gasteiger partial charge in [0.1, 0.15) is 11.6 Å². The molecule has 2 atom stereocenters. The van der Waals surface area contributed by atoms with Crippen molar-refractivity contribution in [2.75, 3.05) is 11.9 Å². The summed E-state index contributed by atoms with van der Waals surface area (Å²) in [5.74, 6) is -0.785. The lowest BCUT2D eigenvalue weighted by Crippen LogP contribution is -2.30. The van der Waals surface area contributed by atoms with E-state index in [0.717, 1.165) is 25.3 Å². The molecule has 2 rings (SSSR count). The van der Waals surface area contributed by atoms with E-state index < -0.39 is 11.6 Å². The fraction of sp³-hybridized carbons (Fsp3) is 0.500. The maximum absolute atomic E-state index is 13.6. The smallest absolute Gasteiger partial charge is 0.150 e. The number of benzene rings is 1. The maximum atomic E-state index is 13.6. The van der Waals surface area contributed by atoms with E-state index in [-0.39, 0.29) is 6.04 Å². The van der Waals surface area contributed by atoms with Crippen LogP contribution >= 0.6 is 15.9 Å². The average Bonchev–Trinajstić information content (AvgIpc) is 2.70. The minimum Gasteiger partial charge on any atom is -0.379 e. The highest BCUT2D eigenvalue weighted by molar-refractivity contribution is 9.10. The Bertz CT molecular complexity index is 388. The van der Waals surface area contributed by atoms with Crippen molar-refractivity contribution in [2.45, 2.75) is 25.3 Å². The number of nitrogens with two attached hydrogens (primary N) is 1. The standard InChI is InChI=1S/C12H15BrF2N2/c13-9-4-8(14)5-10(15)12(9)17-11-3-1-2-7(11)6-16/h4-5,7,11,17H,1-3,6,16H2. The van der Waals surface area contributed by atoms with Gasteiger partial charge in [-0.25, -0.2) is 8.78 Å². The molecule has 1 saturated carbocycles. The molecule has 94 valence electrons. The zero-order chi connectivity index (χ0) is 12.4. The number of rotatable bonds is 3. The van der Waals surface area contributed by atoms with Gasteiger partial charge in [0, 0.05) is 16.6 Å². The second-order valence-electron chi connectivity index (χ2n) is 4.42. The van der Waals surface area contributed by atoms with E-state index in [1.165, 1.54) is 6.07 Å². The third-order valence-electron chi connectivity index (χ3n) is 3.30. The molecule has 1 aliphatic carbocycles. The van der Waals surface area contributed by atoms with E-state index in [2.05, 4.69) is 21.2 Å². The largest absolute Gasteiger partial charge is 0.379 e. The summed E-state index contributed by atoms with van der Waals surface area (Å²) < 4.78 is 27.0. The molecule has 2 unspecified atom stereocenters. The van der Waals surface area contributed by atoms with Gasteiger partial charge in [0.15, 0.2) is 0 Å². The minimum atomic E-state index is -0.582. The second kappa shape index (κ2) is 5.31. The molecule has 17 heavy (non-hydrogen) atoms. The van der Waals surface area contributed by atoms with Crippen molar-refractivity contribution < 1.29 is 8.78 Å². The van der Waals surface area contributed by atoms with Gasteiger partial charge in [0.05, 0.1) is 5.69 Å². The molecule has 0 heterocycles. The van der Waals surface area contributed by atoms with Crippen molar-refractivity contribution >= 4 is 21.6 Å². The molecule has 3 N–H and O–H groups in total. The fourth-order valence-corrected chi connectivity index (χ4v) is 2.90. The van der Waals surface area contributed by atoms with Crippen LogP contribution < -0.4 is 11.1 Å². The Labute approximate surface area is 108 Å². The third kappa shape index (κ3) is 2.77. The number of hydrogen-bond donors (Lipinski definition) is 2. The number of hydrogen-bond acceptors (Lipinski definition) is 2. The Kier molecular flexibility index (Phi) is 3.99. The van der Waals surface area contributed by atoms with E-state index in [1.54, 1.807) is 0 Å². The molecule has 0 aromatic heterocycles. The summed E-state index contributed by atoms with van der Waals surface area (Å²) in [6.07, 6.45) is 3.14. The average molecular weight is 305 g/mol. The normalized spacial score (nSPS) is 24.0. The van der Waals surface area contributed by atoms with E-state index in [0.29, 0.717) is 22.6 Å². The van der Waals surface area contributed by atoms with Crippen LogP contribution in [0.5, 0.6) is 0 Å². The number of anilines is 1. The molecule has 2 nitrogen and oxygen atoms in total. The first kappa shape index (κ1) is 12.8. The fourth-order valence-electron chi connectivity index (χ4n) is 2.37. The van der Waals surface area contributed by atoms with Gasteiger partial charge in [-0.2, -0.15) is 0 Å². The highest BCUT2D eigenvalue weighted by atomic mass is 79.9. The van der Waals surface area contributed by atoms with Crippen molar-refractivity contribution in [3.8, 4) is 0 Å². The minimum absolute atomic E-state index is 0.177. The maximum Gasteiger partial charge on any atom is 0.150 e. The van der Waals surface area contributed by atoms with E-state index in [9.17, 15) is 8.78 Å². The van der Waals surface area contributed by atoms with Gasteiger partial charge < -0.3 is 11.1 Å². The van der Waals surface area contributed by atoms with Crippen molar-refractivity contribution in [3.63, 3.8) is 0 Å². The summed E-state index contributed by atoms with van der Waals surface area (Å²) in [5, 5.41) is 3.14. The van der Waals surface area contributed by atoms with Gasteiger partial charge in [-0.15, -0.1) is 0 Å². The monoisotopic (exact) mass is 304 g/mol. The zero-order valence-electron chi connectivity index (χ0n) is 9.35. The first-order chi connectivity index (χ1) is 8.11. The quantitative estimate of drug-likeness (QED) is 0.899. The van der Waals surface area contributed by atoms with Gasteiger partial charge in [-0.3, -0.25) is 0 Å². The van der Waals surface area contributed by atoms with Gasteiger partial charge in [-0.1, -0.05) is 6.42 Å². The summed E-state index contributed by atoms with van der Waals surface area (Å²) in [6.45, 7) is 0.595. The molecular weight excluding hydrogens is 290 g/mol. The Morgan fingerprint density at radius 3 is 2.76 bits per heavy atom. The van der Waals surface area contributed by atoms with Crippen LogP contribution in [0, 0.1) is 17.6 Å². The molecule has 0 bridgehead atoms. The van der Waals surface area contributed by atoms with Gasteiger partial charge >= 0.3 is 0 Å². The van der Waals surface area contributed by atoms with Crippen LogP contribution in [0.1, 0.15) is 19.3 Å². The second-order valence-corrected chi connectivity index (χ2v) is 5.28. The summed E-state index contributed by atoms with van der Waals surface area (Å²) in [4.78, 5) is 0. The predicted molar refractivity (Wildman–Crippen MR) is 67.9 cm³/mol. The summed E-state index contributed by atoms with van der Waals surface area (Å²) in [5.41, 5.74) is 6.00. The molecule has 1 aromatic carbocycles. The van der Waals surface area contributed by atoms with Crippen molar-refractivity contribution in [1.29, 1.82) is 0 Å². The first-order valence-electron chi connectivity index (χ1n) is 5.73. The van der Waals surface area contributed by atoms with Crippen molar-refractivity contribution in [3.05, 3.63) is 28.2 Å². The molecule has 0 aliphatic heterocycles. The van der Waals surface area contributed by atoms with Crippen LogP contribution in [0.3, 0.4) is 0 Å². The van der Waals surface area contributed by atoms with Gasteiger partial charge in [-0.05, 0) is 47.3 Å². The molecule has 0 spiro atoms. The van der Waals surface area contributed by atoms with Gasteiger partial charge in [0.2, 0.25) is 0 Å². The van der Waals surface area contributed by atoms with Crippen LogP contribution in [0.15, 0.2) is 16.6 Å². The van der Waals surface area contributed by atoms with Crippen molar-refractivity contribution in [2.24, 2.45) is 11.7 Å². The van der Waals surface area contributed by atoms with Crippen LogP contribution in [-0.4, -0.2) is 12.6 Å². The Balaban J connectivity index is 2.18. The van der Waals surface area contributed by atoms with E-state index in [4.69, 9.17) is 5.73 Å². The number of nitrogens with one attached hydrogen (secondary N) is 1. The summed E-state index contributed by atoms with van der Waals surface area (Å²) in [6, 6.07) is 2.33. The number of halogens is 3. The molecule has 0 saturated heterocycles. The lowest BCUT2D eigenvalue weighted by atomic mass is 10.0. The molecule has 1 aromatic rings. The van der Waals surface area contributed by atoms with Gasteiger partial charge in [0.25, 0.3) is 0 Å². The molecule has 0 radical (unpaired) electrons. The lowest BCUT2D eigenvalue weighted by Gasteiger charge is -2.21. The predicted octanol–water partition coefficient (Wildman–Crippen LogP) is 3.27. The first-order valence-corrected chi connectivity index (χ1v) is 6.52. The van der Waals surface area contributed by atoms with E-state index >= 15 is 0 Å². The van der Waals surface area contributed by atoms with Crippen LogP contribution in [0.2, 0.25) is 0 Å². The van der Waals surface area contributed by atoms with E-state index in [1.807, 2.05) is 0 Å². The topological polar surface area (TPSA) is 38.0 Å². The highest BCUT2D eigenvalue weighted by Gasteiger charge is 2.27. The third-order valence-corrected chi connectivity index (χ3v) is 3.92. The highest BCUT2D eigenvalue weighted by Crippen LogP contribution is 2.32. The Morgan fingerprint density at radius 1 is 1.35 bits per heavy atom. The molecule has 5 heteroatoms. The molecule has 0 amide bonds. The van der Waals surface area contributed by atoms with Crippen LogP contribution in [-0.2, 0) is 0 Å². The summed E-state index contributed by atoms with van der Waals surface area (Å²) >= 11 is 3.17. The lowest BCUT2D eigenvalue weighted by molar-refractivity contribution is 0.511. The Morgan fingerprint density at radius 2 is 2.12 bits per heavy atom.